The summed E-state index contributed by atoms with van der Waals surface area (Å²) >= 11 is 6.05. The SMILES string of the molecule is CCCNS(=O)(=O)c1cccc(C(=O)NCc2ccccc2Cl)c1. The zero-order chi connectivity index (χ0) is 17.6. The fourth-order valence-corrected chi connectivity index (χ4v) is 3.43. The Morgan fingerprint density at radius 1 is 1.12 bits per heavy atom. The highest BCUT2D eigenvalue weighted by Gasteiger charge is 2.15. The molecule has 0 radical (unpaired) electrons. The molecule has 0 aliphatic rings. The number of amides is 1. The lowest BCUT2D eigenvalue weighted by Gasteiger charge is -2.09. The van der Waals surface area contributed by atoms with Gasteiger partial charge in [0.05, 0.1) is 4.90 Å². The van der Waals surface area contributed by atoms with Gasteiger partial charge in [0, 0.05) is 23.7 Å². The van der Waals surface area contributed by atoms with Crippen molar-refractivity contribution in [3.8, 4) is 0 Å². The zero-order valence-corrected chi connectivity index (χ0v) is 14.8. The van der Waals surface area contributed by atoms with Crippen LogP contribution in [0.25, 0.3) is 0 Å². The lowest BCUT2D eigenvalue weighted by Crippen LogP contribution is -2.26. The average Bonchev–Trinajstić information content (AvgIpc) is 2.59. The number of nitrogens with one attached hydrogen (secondary N) is 2. The maximum atomic E-state index is 12.3. The third-order valence-electron chi connectivity index (χ3n) is 3.35. The van der Waals surface area contributed by atoms with Crippen molar-refractivity contribution in [1.82, 2.24) is 10.0 Å². The number of hydrogen-bond donors (Lipinski definition) is 2. The molecule has 0 spiro atoms. The molecule has 0 saturated carbocycles. The normalized spacial score (nSPS) is 11.2. The number of hydrogen-bond acceptors (Lipinski definition) is 3. The lowest BCUT2D eigenvalue weighted by molar-refractivity contribution is 0.0950. The van der Waals surface area contributed by atoms with Crippen molar-refractivity contribution in [1.29, 1.82) is 0 Å². The number of benzene rings is 2. The van der Waals surface area contributed by atoms with Crippen molar-refractivity contribution in [3.05, 3.63) is 64.7 Å². The summed E-state index contributed by atoms with van der Waals surface area (Å²) in [5.74, 6) is -0.359. The fourth-order valence-electron chi connectivity index (χ4n) is 2.04. The molecular formula is C17H19ClN2O3S. The third kappa shape index (κ3) is 4.80. The number of halogens is 1. The summed E-state index contributed by atoms with van der Waals surface area (Å²) in [4.78, 5) is 12.3. The second-order valence-corrected chi connectivity index (χ2v) is 7.37. The van der Waals surface area contributed by atoms with Crippen molar-refractivity contribution in [2.24, 2.45) is 0 Å². The van der Waals surface area contributed by atoms with E-state index in [1.54, 1.807) is 18.2 Å². The summed E-state index contributed by atoms with van der Waals surface area (Å²) in [6.45, 7) is 2.50. The van der Waals surface area contributed by atoms with Crippen LogP contribution < -0.4 is 10.0 Å². The first-order valence-corrected chi connectivity index (χ1v) is 9.41. The summed E-state index contributed by atoms with van der Waals surface area (Å²) < 4.78 is 26.7. The Morgan fingerprint density at radius 3 is 2.58 bits per heavy atom. The average molecular weight is 367 g/mol. The van der Waals surface area contributed by atoms with Crippen molar-refractivity contribution in [3.63, 3.8) is 0 Å². The van der Waals surface area contributed by atoms with Gasteiger partial charge in [-0.1, -0.05) is 42.8 Å². The summed E-state index contributed by atoms with van der Waals surface area (Å²) in [5, 5.41) is 3.31. The van der Waals surface area contributed by atoms with E-state index in [1.165, 1.54) is 12.1 Å². The van der Waals surface area contributed by atoms with Crippen molar-refractivity contribution < 1.29 is 13.2 Å². The summed E-state index contributed by atoms with van der Waals surface area (Å²) in [7, 11) is -3.60. The Hall–Kier alpha value is -1.89. The molecule has 0 saturated heterocycles. The number of rotatable bonds is 7. The maximum absolute atomic E-state index is 12.3. The number of carbonyl (C=O) groups is 1. The predicted octanol–water partition coefficient (Wildman–Crippen LogP) is 2.96. The van der Waals surface area contributed by atoms with Gasteiger partial charge in [-0.25, -0.2) is 13.1 Å². The molecule has 0 fully saturated rings. The van der Waals surface area contributed by atoms with Gasteiger partial charge in [0.2, 0.25) is 10.0 Å². The molecular weight excluding hydrogens is 348 g/mol. The van der Waals surface area contributed by atoms with Gasteiger partial charge in [0.25, 0.3) is 5.91 Å². The quantitative estimate of drug-likeness (QED) is 0.791. The van der Waals surface area contributed by atoms with E-state index in [-0.39, 0.29) is 22.9 Å². The minimum atomic E-state index is -3.60. The molecule has 0 atom stereocenters. The van der Waals surface area contributed by atoms with Gasteiger partial charge in [-0.3, -0.25) is 4.79 Å². The molecule has 128 valence electrons. The molecule has 2 rings (SSSR count). The highest BCUT2D eigenvalue weighted by Crippen LogP contribution is 2.15. The van der Waals surface area contributed by atoms with Gasteiger partial charge in [-0.2, -0.15) is 0 Å². The highest BCUT2D eigenvalue weighted by atomic mass is 35.5. The Bertz CT molecular complexity index is 822. The van der Waals surface area contributed by atoms with E-state index in [0.29, 0.717) is 18.0 Å². The second kappa shape index (κ2) is 8.28. The topological polar surface area (TPSA) is 75.3 Å². The molecule has 1 amide bonds. The molecule has 2 aromatic rings. The Labute approximate surface area is 147 Å². The molecule has 0 aliphatic carbocycles. The Kier molecular flexibility index (Phi) is 6.36. The first-order valence-electron chi connectivity index (χ1n) is 7.55. The van der Waals surface area contributed by atoms with E-state index < -0.39 is 10.0 Å². The first kappa shape index (κ1) is 18.4. The second-order valence-electron chi connectivity index (χ2n) is 5.20. The number of carbonyl (C=O) groups excluding carboxylic acids is 1. The molecule has 7 heteroatoms. The zero-order valence-electron chi connectivity index (χ0n) is 13.3. The molecule has 0 heterocycles. The standard InChI is InChI=1S/C17H19ClN2O3S/c1-2-10-20-24(22,23)15-8-5-7-13(11-15)17(21)19-12-14-6-3-4-9-16(14)18/h3-9,11,20H,2,10,12H2,1H3,(H,19,21). The van der Waals surface area contributed by atoms with E-state index in [0.717, 1.165) is 5.56 Å². The van der Waals surface area contributed by atoms with Crippen molar-refractivity contribution in [2.75, 3.05) is 6.54 Å². The molecule has 0 bridgehead atoms. The van der Waals surface area contributed by atoms with Gasteiger partial charge >= 0.3 is 0 Å². The van der Waals surface area contributed by atoms with Crippen LogP contribution in [0.15, 0.2) is 53.4 Å². The van der Waals surface area contributed by atoms with Crippen LogP contribution >= 0.6 is 11.6 Å². The van der Waals surface area contributed by atoms with Gasteiger partial charge in [0.1, 0.15) is 0 Å². The largest absolute Gasteiger partial charge is 0.348 e. The van der Waals surface area contributed by atoms with Crippen molar-refractivity contribution >= 4 is 27.5 Å². The van der Waals surface area contributed by atoms with E-state index in [4.69, 9.17) is 11.6 Å². The smallest absolute Gasteiger partial charge is 0.251 e. The van der Waals surface area contributed by atoms with Gasteiger partial charge < -0.3 is 5.32 Å². The fraction of sp³-hybridized carbons (Fsp3) is 0.235. The highest BCUT2D eigenvalue weighted by molar-refractivity contribution is 7.89. The van der Waals surface area contributed by atoms with E-state index >= 15 is 0 Å². The predicted molar refractivity (Wildman–Crippen MR) is 94.5 cm³/mol. The molecule has 2 aromatic carbocycles. The maximum Gasteiger partial charge on any atom is 0.251 e. The summed E-state index contributed by atoms with van der Waals surface area (Å²) in [5.41, 5.74) is 1.07. The van der Waals surface area contributed by atoms with Crippen LogP contribution in [0.4, 0.5) is 0 Å². The van der Waals surface area contributed by atoms with Crippen molar-refractivity contribution in [2.45, 2.75) is 24.8 Å². The van der Waals surface area contributed by atoms with Gasteiger partial charge in [-0.05, 0) is 36.2 Å². The molecule has 0 aromatic heterocycles. The molecule has 0 aliphatic heterocycles. The molecule has 5 nitrogen and oxygen atoms in total. The molecule has 2 N–H and O–H groups in total. The van der Waals surface area contributed by atoms with E-state index in [9.17, 15) is 13.2 Å². The summed E-state index contributed by atoms with van der Waals surface area (Å²) in [6.07, 6.45) is 0.692. The van der Waals surface area contributed by atoms with Crippen LogP contribution in [0, 0.1) is 0 Å². The molecule has 0 unspecified atom stereocenters. The van der Waals surface area contributed by atoms with Crippen LogP contribution in [-0.4, -0.2) is 20.9 Å². The summed E-state index contributed by atoms with van der Waals surface area (Å²) in [6, 6.07) is 13.1. The minimum absolute atomic E-state index is 0.0707. The van der Waals surface area contributed by atoms with E-state index in [2.05, 4.69) is 10.0 Å². The third-order valence-corrected chi connectivity index (χ3v) is 5.17. The van der Waals surface area contributed by atoms with Gasteiger partial charge in [-0.15, -0.1) is 0 Å². The van der Waals surface area contributed by atoms with Gasteiger partial charge in [0.15, 0.2) is 0 Å². The van der Waals surface area contributed by atoms with Crippen LogP contribution in [0.2, 0.25) is 5.02 Å². The minimum Gasteiger partial charge on any atom is -0.348 e. The lowest BCUT2D eigenvalue weighted by atomic mass is 10.2. The van der Waals surface area contributed by atoms with Crippen LogP contribution in [0.1, 0.15) is 29.3 Å². The van der Waals surface area contributed by atoms with Crippen LogP contribution in [0.3, 0.4) is 0 Å². The Morgan fingerprint density at radius 2 is 1.88 bits per heavy atom. The number of sulfonamides is 1. The van der Waals surface area contributed by atoms with E-state index in [1.807, 2.05) is 25.1 Å². The monoisotopic (exact) mass is 366 g/mol. The first-order chi connectivity index (χ1) is 11.4. The Balaban J connectivity index is 2.10. The molecule has 24 heavy (non-hydrogen) atoms. The van der Waals surface area contributed by atoms with Crippen LogP contribution in [-0.2, 0) is 16.6 Å². The van der Waals surface area contributed by atoms with Crippen LogP contribution in [0.5, 0.6) is 0 Å².